The molecule has 108 valence electrons. The van der Waals surface area contributed by atoms with Gasteiger partial charge < -0.3 is 4.74 Å². The average Bonchev–Trinajstić information content (AvgIpc) is 2.42. The van der Waals surface area contributed by atoms with E-state index >= 15 is 0 Å². The summed E-state index contributed by atoms with van der Waals surface area (Å²) >= 11 is 0. The van der Waals surface area contributed by atoms with Gasteiger partial charge in [-0.05, 0) is 39.2 Å². The van der Waals surface area contributed by atoms with Gasteiger partial charge in [0.25, 0.3) is 0 Å². The number of allylic oxidation sites excluding steroid dienone is 1. The summed E-state index contributed by atoms with van der Waals surface area (Å²) in [5.74, 6) is -1.73. The minimum Gasteiger partial charge on any atom is -0.434 e. The third kappa shape index (κ3) is 5.03. The van der Waals surface area contributed by atoms with Crippen LogP contribution in [-0.4, -0.2) is 18.5 Å². The molecule has 1 rings (SSSR count). The molecule has 1 saturated carbocycles. The van der Waals surface area contributed by atoms with Gasteiger partial charge in [-0.3, -0.25) is 9.68 Å². The Morgan fingerprint density at radius 1 is 1.11 bits per heavy atom. The van der Waals surface area contributed by atoms with E-state index in [9.17, 15) is 9.59 Å². The Morgan fingerprint density at radius 3 is 2.21 bits per heavy atom. The Kier molecular flexibility index (Phi) is 6.56. The van der Waals surface area contributed by atoms with Gasteiger partial charge in [0.15, 0.2) is 0 Å². The second kappa shape index (κ2) is 7.94. The van der Waals surface area contributed by atoms with Crippen molar-refractivity contribution in [1.29, 1.82) is 0 Å². The number of carbonyl (C=O) groups is 2. The monoisotopic (exact) mass is 270 g/mol. The molecular formula is C14H22O5. The third-order valence-corrected chi connectivity index (χ3v) is 3.04. The molecule has 1 aliphatic carbocycles. The lowest BCUT2D eigenvalue weighted by Crippen LogP contribution is -2.34. The van der Waals surface area contributed by atoms with E-state index in [0.29, 0.717) is 19.4 Å². The first-order valence-corrected chi connectivity index (χ1v) is 6.73. The Morgan fingerprint density at radius 2 is 1.68 bits per heavy atom. The van der Waals surface area contributed by atoms with E-state index in [4.69, 9.17) is 4.74 Å². The number of hydrogen-bond acceptors (Lipinski definition) is 5. The summed E-state index contributed by atoms with van der Waals surface area (Å²) in [4.78, 5) is 33.2. The largest absolute Gasteiger partial charge is 0.434 e. The molecule has 5 nitrogen and oxygen atoms in total. The maximum atomic E-state index is 12.0. The van der Waals surface area contributed by atoms with Gasteiger partial charge in [0.2, 0.25) is 0 Å². The summed E-state index contributed by atoms with van der Waals surface area (Å²) in [6.45, 7) is 5.71. The summed E-state index contributed by atoms with van der Waals surface area (Å²) in [7, 11) is 0. The Hall–Kier alpha value is -1.36. The van der Waals surface area contributed by atoms with E-state index in [0.717, 1.165) is 18.4 Å². The van der Waals surface area contributed by atoms with Crippen molar-refractivity contribution in [2.24, 2.45) is 11.8 Å². The minimum absolute atomic E-state index is 0.297. The number of rotatable bonds is 5. The molecule has 0 aromatic heterocycles. The average molecular weight is 270 g/mol. The van der Waals surface area contributed by atoms with Crippen LogP contribution in [0.3, 0.4) is 0 Å². The highest BCUT2D eigenvalue weighted by Gasteiger charge is 2.38. The molecule has 0 radical (unpaired) electrons. The molecule has 5 heteroatoms. The fourth-order valence-electron chi connectivity index (χ4n) is 2.14. The molecule has 0 saturated heterocycles. The van der Waals surface area contributed by atoms with E-state index in [-0.39, 0.29) is 5.97 Å². The van der Waals surface area contributed by atoms with Gasteiger partial charge in [0, 0.05) is 0 Å². The molecule has 0 amide bonds. The van der Waals surface area contributed by atoms with Gasteiger partial charge in [-0.2, -0.15) is 4.89 Å². The quantitative estimate of drug-likeness (QED) is 0.333. The van der Waals surface area contributed by atoms with Crippen LogP contribution in [0.5, 0.6) is 0 Å². The zero-order chi connectivity index (χ0) is 14.3. The third-order valence-electron chi connectivity index (χ3n) is 3.04. The van der Waals surface area contributed by atoms with Crippen molar-refractivity contribution in [1.82, 2.24) is 0 Å². The van der Waals surface area contributed by atoms with Crippen molar-refractivity contribution in [3.8, 4) is 0 Å². The van der Waals surface area contributed by atoms with Crippen molar-refractivity contribution in [3.63, 3.8) is 0 Å². The maximum absolute atomic E-state index is 12.0. The number of hydrogen-bond donors (Lipinski definition) is 0. The molecular weight excluding hydrogens is 248 g/mol. The van der Waals surface area contributed by atoms with E-state index in [1.54, 1.807) is 6.92 Å². The maximum Gasteiger partial charge on any atom is 0.346 e. The van der Waals surface area contributed by atoms with Crippen molar-refractivity contribution < 1.29 is 24.1 Å². The Bertz CT molecular complexity index is 344. The first-order valence-electron chi connectivity index (χ1n) is 6.73. The molecule has 1 aliphatic rings. The van der Waals surface area contributed by atoms with Gasteiger partial charge in [0.1, 0.15) is 0 Å². The molecule has 0 bridgehead atoms. The molecule has 0 spiro atoms. The predicted octanol–water partition coefficient (Wildman–Crippen LogP) is 2.75. The van der Waals surface area contributed by atoms with Crippen LogP contribution in [0.25, 0.3) is 0 Å². The smallest absolute Gasteiger partial charge is 0.346 e. The van der Waals surface area contributed by atoms with E-state index in [1.807, 2.05) is 13.8 Å². The van der Waals surface area contributed by atoms with Crippen molar-refractivity contribution >= 4 is 11.9 Å². The lowest BCUT2D eigenvalue weighted by Gasteiger charge is -2.27. The van der Waals surface area contributed by atoms with Crippen LogP contribution in [0, 0.1) is 11.8 Å². The van der Waals surface area contributed by atoms with Crippen LogP contribution in [0.2, 0.25) is 0 Å². The van der Waals surface area contributed by atoms with Crippen LogP contribution in [0.1, 0.15) is 46.5 Å². The van der Waals surface area contributed by atoms with Crippen LogP contribution in [-0.2, 0) is 24.1 Å². The van der Waals surface area contributed by atoms with E-state index in [2.05, 4.69) is 9.78 Å². The number of ether oxygens (including phenoxy) is 1. The molecule has 0 aromatic carbocycles. The van der Waals surface area contributed by atoms with Gasteiger partial charge in [-0.15, -0.1) is 0 Å². The normalized spacial score (nSPS) is 22.5. The highest BCUT2D eigenvalue weighted by Crippen LogP contribution is 2.32. The van der Waals surface area contributed by atoms with Crippen molar-refractivity contribution in [2.45, 2.75) is 46.5 Å². The highest BCUT2D eigenvalue weighted by molar-refractivity contribution is 5.82. The molecule has 0 aromatic rings. The van der Waals surface area contributed by atoms with Crippen molar-refractivity contribution in [3.05, 3.63) is 11.8 Å². The summed E-state index contributed by atoms with van der Waals surface area (Å²) in [6, 6.07) is 0. The Labute approximate surface area is 113 Å². The summed E-state index contributed by atoms with van der Waals surface area (Å²) < 4.78 is 5.08. The summed E-state index contributed by atoms with van der Waals surface area (Å²) in [6.07, 6.45) is 4.55. The first kappa shape index (κ1) is 15.7. The van der Waals surface area contributed by atoms with Crippen LogP contribution in [0.15, 0.2) is 11.8 Å². The van der Waals surface area contributed by atoms with Gasteiger partial charge in [0.05, 0.1) is 24.7 Å². The number of esters is 1. The molecule has 0 heterocycles. The summed E-state index contributed by atoms with van der Waals surface area (Å²) in [5.41, 5.74) is 0.901. The van der Waals surface area contributed by atoms with Crippen LogP contribution < -0.4 is 0 Å². The number of carbonyl (C=O) groups excluding carboxylic acids is 2. The molecule has 1 fully saturated rings. The van der Waals surface area contributed by atoms with E-state index in [1.165, 1.54) is 6.26 Å². The fraction of sp³-hybridized carbons (Fsp3) is 0.714. The second-order valence-corrected chi connectivity index (χ2v) is 4.94. The molecule has 0 N–H and O–H groups in total. The topological polar surface area (TPSA) is 61.8 Å². The van der Waals surface area contributed by atoms with Crippen LogP contribution >= 0.6 is 0 Å². The molecule has 2 unspecified atom stereocenters. The SMILES string of the molecule is CCOOC(=O)C1CCCCC1C(=O)OC=C(C)C. The van der Waals surface area contributed by atoms with Gasteiger partial charge >= 0.3 is 11.9 Å². The lowest BCUT2D eigenvalue weighted by molar-refractivity contribution is -0.275. The predicted molar refractivity (Wildman–Crippen MR) is 68.7 cm³/mol. The zero-order valence-corrected chi connectivity index (χ0v) is 11.8. The highest BCUT2D eigenvalue weighted by atomic mass is 17.2. The molecule has 19 heavy (non-hydrogen) atoms. The van der Waals surface area contributed by atoms with Crippen molar-refractivity contribution in [2.75, 3.05) is 6.61 Å². The lowest BCUT2D eigenvalue weighted by atomic mass is 9.79. The van der Waals surface area contributed by atoms with Gasteiger partial charge in [-0.1, -0.05) is 12.8 Å². The standard InChI is InChI=1S/C14H22O5/c1-4-18-19-14(16)12-8-6-5-7-11(12)13(15)17-9-10(2)3/h9,11-12H,4-8H2,1-3H3. The molecule has 0 aliphatic heterocycles. The van der Waals surface area contributed by atoms with E-state index < -0.39 is 17.8 Å². The van der Waals surface area contributed by atoms with Gasteiger partial charge in [-0.25, -0.2) is 4.79 Å². The molecule has 2 atom stereocenters. The summed E-state index contributed by atoms with van der Waals surface area (Å²) in [5, 5.41) is 0. The van der Waals surface area contributed by atoms with Crippen LogP contribution in [0.4, 0.5) is 0 Å². The fourth-order valence-corrected chi connectivity index (χ4v) is 2.14. The second-order valence-electron chi connectivity index (χ2n) is 4.94. The Balaban J connectivity index is 2.63. The minimum atomic E-state index is -0.472. The zero-order valence-electron chi connectivity index (χ0n) is 11.8. The first-order chi connectivity index (χ1) is 9.06.